The van der Waals surface area contributed by atoms with Gasteiger partial charge in [0.05, 0.1) is 0 Å². The largest absolute Gasteiger partial charge is 0.385 e. The Morgan fingerprint density at radius 1 is 1.04 bits per heavy atom. The summed E-state index contributed by atoms with van der Waals surface area (Å²) in [5, 5.41) is 3.37. The minimum absolute atomic E-state index is 0.186. The summed E-state index contributed by atoms with van der Waals surface area (Å²) in [5.74, 6) is 0.186. The van der Waals surface area contributed by atoms with E-state index in [0.717, 1.165) is 5.69 Å². The number of hydrogen-bond acceptors (Lipinski definition) is 2. The Kier molecular flexibility index (Phi) is 6.42. The lowest BCUT2D eigenvalue weighted by atomic mass is 10.1. The summed E-state index contributed by atoms with van der Waals surface area (Å²) in [6.45, 7) is 9.63. The Bertz CT molecular complexity index is 645. The van der Waals surface area contributed by atoms with Crippen LogP contribution in [0, 0.1) is 13.8 Å². The fourth-order valence-corrected chi connectivity index (χ4v) is 2.87. The van der Waals surface area contributed by atoms with E-state index in [1.807, 2.05) is 23.1 Å². The molecular formula is C21H28N2O. The molecule has 3 heteroatoms. The monoisotopic (exact) mass is 324 g/mol. The molecule has 0 aromatic heterocycles. The zero-order valence-corrected chi connectivity index (χ0v) is 15.2. The molecule has 0 radical (unpaired) electrons. The molecule has 0 bridgehead atoms. The maximum absolute atomic E-state index is 12.6. The number of anilines is 1. The maximum Gasteiger partial charge on any atom is 0.224 e. The van der Waals surface area contributed by atoms with Gasteiger partial charge in [-0.3, -0.25) is 4.79 Å². The van der Waals surface area contributed by atoms with Gasteiger partial charge in [-0.25, -0.2) is 0 Å². The van der Waals surface area contributed by atoms with Crippen molar-refractivity contribution in [1.29, 1.82) is 0 Å². The van der Waals surface area contributed by atoms with E-state index in [0.29, 0.717) is 19.5 Å². The minimum atomic E-state index is 0.186. The third-order valence-electron chi connectivity index (χ3n) is 4.03. The fraction of sp³-hybridized carbons (Fsp3) is 0.381. The van der Waals surface area contributed by atoms with Crippen molar-refractivity contribution in [1.82, 2.24) is 4.90 Å². The number of nitrogens with one attached hydrogen (secondary N) is 1. The number of nitrogens with zero attached hydrogens (tertiary/aromatic N) is 1. The molecule has 128 valence electrons. The first kappa shape index (κ1) is 18.1. The highest BCUT2D eigenvalue weighted by Crippen LogP contribution is 2.14. The fourth-order valence-electron chi connectivity index (χ4n) is 2.87. The molecule has 2 rings (SSSR count). The van der Waals surface area contributed by atoms with Crippen LogP contribution in [0.4, 0.5) is 5.69 Å². The van der Waals surface area contributed by atoms with Gasteiger partial charge in [-0.1, -0.05) is 36.4 Å². The molecule has 0 saturated carbocycles. The second-order valence-electron chi connectivity index (χ2n) is 6.65. The van der Waals surface area contributed by atoms with Gasteiger partial charge in [0.25, 0.3) is 0 Å². The molecule has 0 heterocycles. The van der Waals surface area contributed by atoms with Crippen LogP contribution >= 0.6 is 0 Å². The molecule has 2 aromatic rings. The van der Waals surface area contributed by atoms with Crippen molar-refractivity contribution in [2.45, 2.75) is 46.7 Å². The van der Waals surface area contributed by atoms with Crippen LogP contribution in [0.3, 0.4) is 0 Å². The topological polar surface area (TPSA) is 32.3 Å². The Morgan fingerprint density at radius 2 is 1.67 bits per heavy atom. The molecular weight excluding hydrogens is 296 g/mol. The van der Waals surface area contributed by atoms with Crippen LogP contribution in [-0.2, 0) is 11.3 Å². The zero-order valence-electron chi connectivity index (χ0n) is 15.2. The quantitative estimate of drug-likeness (QED) is 0.811. The molecule has 2 aromatic carbocycles. The minimum Gasteiger partial charge on any atom is -0.385 e. The van der Waals surface area contributed by atoms with Crippen molar-refractivity contribution >= 4 is 11.6 Å². The smallest absolute Gasteiger partial charge is 0.224 e. The zero-order chi connectivity index (χ0) is 17.5. The third kappa shape index (κ3) is 5.41. The summed E-state index contributed by atoms with van der Waals surface area (Å²) in [7, 11) is 0. The predicted molar refractivity (Wildman–Crippen MR) is 101 cm³/mol. The van der Waals surface area contributed by atoms with Gasteiger partial charge in [0.15, 0.2) is 0 Å². The number of aryl methyl sites for hydroxylation is 2. The lowest BCUT2D eigenvalue weighted by Gasteiger charge is -2.27. The van der Waals surface area contributed by atoms with Crippen molar-refractivity contribution < 1.29 is 4.79 Å². The summed E-state index contributed by atoms with van der Waals surface area (Å²) < 4.78 is 0. The van der Waals surface area contributed by atoms with Gasteiger partial charge in [0.2, 0.25) is 5.91 Å². The maximum atomic E-state index is 12.6. The van der Waals surface area contributed by atoms with E-state index in [9.17, 15) is 4.79 Å². The number of amides is 1. The number of carbonyl (C=O) groups is 1. The molecule has 0 atom stereocenters. The summed E-state index contributed by atoms with van der Waals surface area (Å²) in [6, 6.07) is 16.7. The SMILES string of the molecule is Cc1cc(C)cc(NCCC(=O)N(Cc2ccccc2)C(C)C)c1. The molecule has 24 heavy (non-hydrogen) atoms. The first-order valence-electron chi connectivity index (χ1n) is 8.61. The highest BCUT2D eigenvalue weighted by atomic mass is 16.2. The first-order chi connectivity index (χ1) is 11.5. The first-order valence-corrected chi connectivity index (χ1v) is 8.61. The van der Waals surface area contributed by atoms with E-state index >= 15 is 0 Å². The van der Waals surface area contributed by atoms with Gasteiger partial charge >= 0.3 is 0 Å². The summed E-state index contributed by atoms with van der Waals surface area (Å²) >= 11 is 0. The lowest BCUT2D eigenvalue weighted by molar-refractivity contribution is -0.133. The van der Waals surface area contributed by atoms with Crippen molar-refractivity contribution in [2.75, 3.05) is 11.9 Å². The van der Waals surface area contributed by atoms with Crippen LogP contribution in [0.5, 0.6) is 0 Å². The number of rotatable bonds is 7. The van der Waals surface area contributed by atoms with Gasteiger partial charge in [-0.05, 0) is 56.5 Å². The Labute approximate surface area is 145 Å². The van der Waals surface area contributed by atoms with Crippen LogP contribution in [0.1, 0.15) is 37.0 Å². The van der Waals surface area contributed by atoms with Crippen LogP contribution in [0.2, 0.25) is 0 Å². The average molecular weight is 324 g/mol. The van der Waals surface area contributed by atoms with Crippen LogP contribution in [0.25, 0.3) is 0 Å². The number of carbonyl (C=O) groups excluding carboxylic acids is 1. The van der Waals surface area contributed by atoms with Crippen LogP contribution in [0.15, 0.2) is 48.5 Å². The Morgan fingerprint density at radius 3 is 2.25 bits per heavy atom. The van der Waals surface area contributed by atoms with Crippen molar-refractivity contribution in [3.05, 3.63) is 65.2 Å². The van der Waals surface area contributed by atoms with Gasteiger partial charge in [0.1, 0.15) is 0 Å². The summed E-state index contributed by atoms with van der Waals surface area (Å²) in [4.78, 5) is 14.5. The van der Waals surface area contributed by atoms with Crippen LogP contribution in [-0.4, -0.2) is 23.4 Å². The van der Waals surface area contributed by atoms with Crippen LogP contribution < -0.4 is 5.32 Å². The second-order valence-corrected chi connectivity index (χ2v) is 6.65. The molecule has 1 amide bonds. The summed E-state index contributed by atoms with van der Waals surface area (Å²) in [6.07, 6.45) is 0.498. The van der Waals surface area contributed by atoms with Gasteiger partial charge in [-0.2, -0.15) is 0 Å². The van der Waals surface area contributed by atoms with E-state index in [4.69, 9.17) is 0 Å². The predicted octanol–water partition coefficient (Wildman–Crippen LogP) is 4.54. The molecule has 0 spiro atoms. The Balaban J connectivity index is 1.91. The summed E-state index contributed by atoms with van der Waals surface area (Å²) in [5.41, 5.74) is 4.72. The second kappa shape index (κ2) is 8.53. The molecule has 0 unspecified atom stereocenters. The number of benzene rings is 2. The van der Waals surface area contributed by atoms with E-state index in [-0.39, 0.29) is 11.9 Å². The number of hydrogen-bond donors (Lipinski definition) is 1. The van der Waals surface area contributed by atoms with Crippen molar-refractivity contribution in [2.24, 2.45) is 0 Å². The highest BCUT2D eigenvalue weighted by Gasteiger charge is 2.16. The molecule has 0 saturated heterocycles. The molecule has 0 aliphatic rings. The highest BCUT2D eigenvalue weighted by molar-refractivity contribution is 5.77. The third-order valence-corrected chi connectivity index (χ3v) is 4.03. The van der Waals surface area contributed by atoms with E-state index < -0.39 is 0 Å². The van der Waals surface area contributed by atoms with Crippen molar-refractivity contribution in [3.8, 4) is 0 Å². The molecule has 0 fully saturated rings. The van der Waals surface area contributed by atoms with E-state index in [2.05, 4.69) is 63.3 Å². The van der Waals surface area contributed by atoms with Gasteiger partial charge in [-0.15, -0.1) is 0 Å². The molecule has 3 nitrogen and oxygen atoms in total. The standard InChI is InChI=1S/C21H28N2O/c1-16(2)23(15-19-8-6-5-7-9-19)21(24)10-11-22-20-13-17(3)12-18(4)14-20/h5-9,12-14,16,22H,10-11,15H2,1-4H3. The molecule has 0 aliphatic heterocycles. The van der Waals surface area contributed by atoms with E-state index in [1.54, 1.807) is 0 Å². The molecule has 0 aliphatic carbocycles. The molecule has 1 N–H and O–H groups in total. The Hall–Kier alpha value is -2.29. The lowest BCUT2D eigenvalue weighted by Crippen LogP contribution is -2.37. The average Bonchev–Trinajstić information content (AvgIpc) is 2.52. The van der Waals surface area contributed by atoms with E-state index in [1.165, 1.54) is 16.7 Å². The van der Waals surface area contributed by atoms with Gasteiger partial charge in [0, 0.05) is 31.2 Å². The van der Waals surface area contributed by atoms with Crippen molar-refractivity contribution in [3.63, 3.8) is 0 Å². The normalized spacial score (nSPS) is 10.7. The van der Waals surface area contributed by atoms with Gasteiger partial charge < -0.3 is 10.2 Å².